The van der Waals surface area contributed by atoms with Crippen molar-refractivity contribution in [1.29, 1.82) is 0 Å². The summed E-state index contributed by atoms with van der Waals surface area (Å²) in [6.07, 6.45) is 5.55. The molecule has 0 spiro atoms. The van der Waals surface area contributed by atoms with Crippen LogP contribution in [0, 0.1) is 13.8 Å². The highest BCUT2D eigenvalue weighted by molar-refractivity contribution is 5.74. The molecule has 0 aromatic carbocycles. The second kappa shape index (κ2) is 6.08. The predicted molar refractivity (Wildman–Crippen MR) is 75.2 cm³/mol. The highest BCUT2D eigenvalue weighted by atomic mass is 16.2. The lowest BCUT2D eigenvalue weighted by molar-refractivity contribution is 0.237. The summed E-state index contributed by atoms with van der Waals surface area (Å²) in [5.41, 5.74) is 3.47. The van der Waals surface area contributed by atoms with Crippen LogP contribution in [0.4, 0.5) is 4.79 Å². The summed E-state index contributed by atoms with van der Waals surface area (Å²) in [4.78, 5) is 11.7. The lowest BCUT2D eigenvalue weighted by Gasteiger charge is -2.12. The van der Waals surface area contributed by atoms with Crippen molar-refractivity contribution < 1.29 is 4.79 Å². The number of hydrogen-bond acceptors (Lipinski definition) is 2. The van der Waals surface area contributed by atoms with Crippen LogP contribution in [0.2, 0.25) is 0 Å². The molecule has 2 amide bonds. The lowest BCUT2D eigenvalue weighted by atomic mass is 10.1. The summed E-state index contributed by atoms with van der Waals surface area (Å²) in [5.74, 6) is 0. The quantitative estimate of drug-likeness (QED) is 0.871. The number of carbonyl (C=O) groups excluding carboxylic acids is 1. The van der Waals surface area contributed by atoms with Crippen molar-refractivity contribution in [3.8, 4) is 0 Å². The number of rotatable bonds is 4. The average Bonchev–Trinajstić information content (AvgIpc) is 2.93. The van der Waals surface area contributed by atoms with Crippen molar-refractivity contribution in [2.24, 2.45) is 7.05 Å². The molecule has 1 saturated carbocycles. The molecule has 1 aromatic heterocycles. The van der Waals surface area contributed by atoms with Gasteiger partial charge < -0.3 is 10.6 Å². The predicted octanol–water partition coefficient (Wildman–Crippen LogP) is 1.82. The minimum absolute atomic E-state index is 0.0360. The molecule has 5 heteroatoms. The van der Waals surface area contributed by atoms with E-state index in [1.165, 1.54) is 24.1 Å². The number of amides is 2. The molecule has 0 aliphatic heterocycles. The first-order valence-electron chi connectivity index (χ1n) is 7.11. The van der Waals surface area contributed by atoms with E-state index in [-0.39, 0.29) is 6.03 Å². The zero-order valence-electron chi connectivity index (χ0n) is 12.1. The molecule has 2 rings (SSSR count). The fraction of sp³-hybridized carbons (Fsp3) is 0.714. The van der Waals surface area contributed by atoms with Crippen LogP contribution in [-0.2, 0) is 13.5 Å². The van der Waals surface area contributed by atoms with Crippen LogP contribution in [-0.4, -0.2) is 28.4 Å². The Morgan fingerprint density at radius 1 is 1.37 bits per heavy atom. The topological polar surface area (TPSA) is 59.0 Å². The number of nitrogens with zero attached hydrogens (tertiary/aromatic N) is 2. The van der Waals surface area contributed by atoms with Gasteiger partial charge in [-0.05, 0) is 38.7 Å². The third-order valence-corrected chi connectivity index (χ3v) is 4.01. The first-order valence-corrected chi connectivity index (χ1v) is 7.11. The maximum atomic E-state index is 11.7. The van der Waals surface area contributed by atoms with Crippen LogP contribution in [0.5, 0.6) is 0 Å². The summed E-state index contributed by atoms with van der Waals surface area (Å²) in [6.45, 7) is 4.74. The number of carbonyl (C=O) groups is 1. The minimum Gasteiger partial charge on any atom is -0.338 e. The number of aryl methyl sites for hydroxylation is 2. The van der Waals surface area contributed by atoms with Gasteiger partial charge in [-0.3, -0.25) is 4.68 Å². The Balaban J connectivity index is 1.75. The number of aromatic nitrogens is 2. The Morgan fingerprint density at radius 3 is 2.63 bits per heavy atom. The maximum Gasteiger partial charge on any atom is 0.315 e. The van der Waals surface area contributed by atoms with Gasteiger partial charge in [0.2, 0.25) is 0 Å². The number of urea groups is 1. The van der Waals surface area contributed by atoms with E-state index in [1.54, 1.807) is 0 Å². The molecule has 0 radical (unpaired) electrons. The molecule has 1 fully saturated rings. The van der Waals surface area contributed by atoms with E-state index < -0.39 is 0 Å². The van der Waals surface area contributed by atoms with Crippen LogP contribution in [0.3, 0.4) is 0 Å². The van der Waals surface area contributed by atoms with Crippen LogP contribution >= 0.6 is 0 Å². The van der Waals surface area contributed by atoms with E-state index in [9.17, 15) is 4.79 Å². The summed E-state index contributed by atoms with van der Waals surface area (Å²) in [6, 6.07) is 0.341. The molecule has 5 nitrogen and oxygen atoms in total. The summed E-state index contributed by atoms with van der Waals surface area (Å²) in [7, 11) is 1.95. The van der Waals surface area contributed by atoms with Crippen molar-refractivity contribution in [1.82, 2.24) is 20.4 Å². The molecule has 19 heavy (non-hydrogen) atoms. The normalized spacial score (nSPS) is 15.7. The first kappa shape index (κ1) is 13.9. The van der Waals surface area contributed by atoms with E-state index in [4.69, 9.17) is 0 Å². The molecule has 106 valence electrons. The number of nitrogens with one attached hydrogen (secondary N) is 2. The van der Waals surface area contributed by atoms with Crippen molar-refractivity contribution in [3.63, 3.8) is 0 Å². The summed E-state index contributed by atoms with van der Waals surface area (Å²) in [5, 5.41) is 10.3. The Labute approximate surface area is 114 Å². The molecule has 1 aliphatic carbocycles. The lowest BCUT2D eigenvalue weighted by Crippen LogP contribution is -2.41. The highest BCUT2D eigenvalue weighted by Crippen LogP contribution is 2.17. The second-order valence-electron chi connectivity index (χ2n) is 5.40. The molecule has 1 aromatic rings. The second-order valence-corrected chi connectivity index (χ2v) is 5.40. The zero-order chi connectivity index (χ0) is 13.8. The Hall–Kier alpha value is -1.52. The van der Waals surface area contributed by atoms with Gasteiger partial charge >= 0.3 is 6.03 Å². The maximum absolute atomic E-state index is 11.7. The highest BCUT2D eigenvalue weighted by Gasteiger charge is 2.16. The third kappa shape index (κ3) is 3.49. The number of hydrogen-bond donors (Lipinski definition) is 2. The van der Waals surface area contributed by atoms with Gasteiger partial charge in [-0.25, -0.2) is 4.79 Å². The Morgan fingerprint density at radius 2 is 2.05 bits per heavy atom. The van der Waals surface area contributed by atoms with Crippen molar-refractivity contribution in [2.75, 3.05) is 6.54 Å². The molecule has 0 unspecified atom stereocenters. The first-order chi connectivity index (χ1) is 9.08. The molecule has 0 bridgehead atoms. The van der Waals surface area contributed by atoms with Gasteiger partial charge in [0.1, 0.15) is 0 Å². The molecule has 0 saturated heterocycles. The largest absolute Gasteiger partial charge is 0.338 e. The Bertz CT molecular complexity index is 447. The smallest absolute Gasteiger partial charge is 0.315 e. The Kier molecular flexibility index (Phi) is 4.45. The van der Waals surface area contributed by atoms with Gasteiger partial charge in [0.25, 0.3) is 0 Å². The summed E-state index contributed by atoms with van der Waals surface area (Å²) >= 11 is 0. The van der Waals surface area contributed by atoms with Gasteiger partial charge in [0.05, 0.1) is 5.69 Å². The SMILES string of the molecule is Cc1nn(C)c(C)c1CCNC(=O)NC1CCCC1. The minimum atomic E-state index is -0.0360. The monoisotopic (exact) mass is 264 g/mol. The standard InChI is InChI=1S/C14H24N4O/c1-10-13(11(2)18(3)17-10)8-9-15-14(19)16-12-6-4-5-7-12/h12H,4-9H2,1-3H3,(H2,15,16,19). The molecule has 1 aliphatic rings. The van der Waals surface area contributed by atoms with Crippen molar-refractivity contribution >= 4 is 6.03 Å². The van der Waals surface area contributed by atoms with Crippen molar-refractivity contribution in [2.45, 2.75) is 52.0 Å². The van der Waals surface area contributed by atoms with Crippen LogP contribution in [0.1, 0.15) is 42.6 Å². The fourth-order valence-corrected chi connectivity index (χ4v) is 2.79. The summed E-state index contributed by atoms with van der Waals surface area (Å²) < 4.78 is 1.89. The molecule has 1 heterocycles. The van der Waals surface area contributed by atoms with E-state index in [0.717, 1.165) is 25.0 Å². The van der Waals surface area contributed by atoms with Gasteiger partial charge in [-0.1, -0.05) is 12.8 Å². The average molecular weight is 264 g/mol. The zero-order valence-corrected chi connectivity index (χ0v) is 12.1. The molecule has 0 atom stereocenters. The van der Waals surface area contributed by atoms with E-state index in [0.29, 0.717) is 12.6 Å². The van der Waals surface area contributed by atoms with Crippen LogP contribution < -0.4 is 10.6 Å². The van der Waals surface area contributed by atoms with Gasteiger partial charge in [0, 0.05) is 25.3 Å². The van der Waals surface area contributed by atoms with E-state index in [1.807, 2.05) is 18.7 Å². The van der Waals surface area contributed by atoms with Gasteiger partial charge in [-0.15, -0.1) is 0 Å². The fourth-order valence-electron chi connectivity index (χ4n) is 2.79. The molecule has 2 N–H and O–H groups in total. The van der Waals surface area contributed by atoms with Gasteiger partial charge in [0.15, 0.2) is 0 Å². The molecular formula is C14H24N4O. The van der Waals surface area contributed by atoms with Crippen LogP contribution in [0.15, 0.2) is 0 Å². The van der Waals surface area contributed by atoms with E-state index in [2.05, 4.69) is 22.7 Å². The molecular weight excluding hydrogens is 240 g/mol. The van der Waals surface area contributed by atoms with Crippen molar-refractivity contribution in [3.05, 3.63) is 17.0 Å². The van der Waals surface area contributed by atoms with E-state index >= 15 is 0 Å². The third-order valence-electron chi connectivity index (χ3n) is 4.01. The van der Waals surface area contributed by atoms with Gasteiger partial charge in [-0.2, -0.15) is 5.10 Å². The van der Waals surface area contributed by atoms with Crippen LogP contribution in [0.25, 0.3) is 0 Å².